The standard InChI is InChI=1S/C21H20N6O2S/c1-15(18-7-3-4-11-24-18)29-30(2)20(16-8-12-22-13-9-16)26-27-21(30)25-19(28)17-6-5-10-23-14-17/h3-15H,1-2H3,(H,25,27,28). The molecule has 1 N–H and O–H groups in total. The Bertz CT molecular complexity index is 1090. The summed E-state index contributed by atoms with van der Waals surface area (Å²) in [5.41, 5.74) is 2.05. The smallest absolute Gasteiger partial charge is 0.258 e. The molecule has 3 aromatic rings. The molecule has 0 spiro atoms. The fraction of sp³-hybridized carbons (Fsp3) is 0.143. The topological polar surface area (TPSA) is 102 Å². The van der Waals surface area contributed by atoms with E-state index in [1.807, 2.05) is 43.5 Å². The number of rotatable bonds is 5. The highest BCUT2D eigenvalue weighted by Gasteiger charge is 2.40. The lowest BCUT2D eigenvalue weighted by atomic mass is 10.2. The van der Waals surface area contributed by atoms with Crippen molar-refractivity contribution in [3.05, 3.63) is 90.3 Å². The van der Waals surface area contributed by atoms with Gasteiger partial charge in [0.2, 0.25) is 5.17 Å². The Morgan fingerprint density at radius 1 is 1.00 bits per heavy atom. The molecular weight excluding hydrogens is 400 g/mol. The van der Waals surface area contributed by atoms with Crippen LogP contribution in [0.4, 0.5) is 0 Å². The zero-order chi connectivity index (χ0) is 21.0. The van der Waals surface area contributed by atoms with Crippen molar-refractivity contribution >= 4 is 26.4 Å². The lowest BCUT2D eigenvalue weighted by Gasteiger charge is -2.35. The molecule has 0 saturated carbocycles. The number of hydrogen-bond donors (Lipinski definition) is 1. The molecule has 4 heterocycles. The number of pyridine rings is 3. The molecule has 0 fully saturated rings. The summed E-state index contributed by atoms with van der Waals surface area (Å²) >= 11 is 0. The van der Waals surface area contributed by atoms with Crippen LogP contribution in [0.1, 0.15) is 34.6 Å². The zero-order valence-electron chi connectivity index (χ0n) is 16.5. The van der Waals surface area contributed by atoms with Gasteiger partial charge in [-0.25, -0.2) is 0 Å². The molecule has 30 heavy (non-hydrogen) atoms. The Morgan fingerprint density at radius 2 is 1.83 bits per heavy atom. The maximum Gasteiger partial charge on any atom is 0.258 e. The number of nitrogens with zero attached hydrogens (tertiary/aromatic N) is 5. The van der Waals surface area contributed by atoms with Gasteiger partial charge in [0, 0.05) is 42.8 Å². The van der Waals surface area contributed by atoms with Crippen molar-refractivity contribution in [3.63, 3.8) is 0 Å². The molecule has 1 aliphatic rings. The number of amidine groups is 1. The fourth-order valence-electron chi connectivity index (χ4n) is 2.95. The summed E-state index contributed by atoms with van der Waals surface area (Å²) < 4.78 is 6.51. The number of aromatic nitrogens is 3. The summed E-state index contributed by atoms with van der Waals surface area (Å²) in [5, 5.41) is 12.6. The van der Waals surface area contributed by atoms with Crippen molar-refractivity contribution in [1.29, 1.82) is 0 Å². The predicted molar refractivity (Wildman–Crippen MR) is 117 cm³/mol. The first kappa shape index (κ1) is 19.9. The van der Waals surface area contributed by atoms with Crippen LogP contribution >= 0.6 is 10.3 Å². The second-order valence-corrected chi connectivity index (χ2v) is 9.23. The highest BCUT2D eigenvalue weighted by Crippen LogP contribution is 2.55. The average Bonchev–Trinajstić information content (AvgIpc) is 3.10. The number of carbonyl (C=O) groups is 1. The van der Waals surface area contributed by atoms with Crippen molar-refractivity contribution in [2.75, 3.05) is 6.26 Å². The van der Waals surface area contributed by atoms with Gasteiger partial charge < -0.3 is 4.18 Å². The molecule has 2 unspecified atom stereocenters. The van der Waals surface area contributed by atoms with Crippen LogP contribution in [-0.4, -0.2) is 37.3 Å². The van der Waals surface area contributed by atoms with E-state index in [1.54, 1.807) is 36.9 Å². The Labute approximate surface area is 175 Å². The number of nitrogens with one attached hydrogen (secondary N) is 1. The third-order valence-corrected chi connectivity index (χ3v) is 7.13. The number of hydrogen-bond acceptors (Lipinski definition) is 7. The molecule has 0 aliphatic carbocycles. The van der Waals surface area contributed by atoms with Gasteiger partial charge in [-0.1, -0.05) is 6.07 Å². The van der Waals surface area contributed by atoms with E-state index in [4.69, 9.17) is 4.18 Å². The summed E-state index contributed by atoms with van der Waals surface area (Å²) in [5.74, 6) is -0.319. The fourth-order valence-corrected chi connectivity index (χ4v) is 5.26. The highest BCUT2D eigenvalue weighted by atomic mass is 32.3. The van der Waals surface area contributed by atoms with Crippen LogP contribution < -0.4 is 5.32 Å². The van der Waals surface area contributed by atoms with Crippen LogP contribution in [0.15, 0.2) is 83.7 Å². The van der Waals surface area contributed by atoms with Gasteiger partial charge in [0.05, 0.1) is 11.3 Å². The zero-order valence-corrected chi connectivity index (χ0v) is 17.3. The monoisotopic (exact) mass is 420 g/mol. The van der Waals surface area contributed by atoms with Crippen molar-refractivity contribution in [3.8, 4) is 0 Å². The second-order valence-electron chi connectivity index (χ2n) is 6.58. The van der Waals surface area contributed by atoms with Crippen LogP contribution in [0, 0.1) is 0 Å². The van der Waals surface area contributed by atoms with Gasteiger partial charge in [0.15, 0.2) is 0 Å². The lowest BCUT2D eigenvalue weighted by molar-refractivity contribution is 0.0977. The molecule has 9 heteroatoms. The van der Waals surface area contributed by atoms with Crippen LogP contribution in [0.3, 0.4) is 0 Å². The quantitative estimate of drug-likeness (QED) is 0.681. The Hall–Kier alpha value is -3.43. The maximum absolute atomic E-state index is 12.7. The summed E-state index contributed by atoms with van der Waals surface area (Å²) in [6, 6.07) is 12.7. The number of carbonyl (C=O) groups excluding carboxylic acids is 1. The molecule has 4 rings (SSSR count). The maximum atomic E-state index is 12.7. The van der Waals surface area contributed by atoms with Crippen molar-refractivity contribution in [2.24, 2.45) is 10.2 Å². The van der Waals surface area contributed by atoms with Gasteiger partial charge in [-0.3, -0.25) is 25.1 Å². The molecule has 0 aromatic carbocycles. The third-order valence-electron chi connectivity index (χ3n) is 4.48. The second kappa shape index (κ2) is 8.52. The van der Waals surface area contributed by atoms with Gasteiger partial charge in [-0.2, -0.15) is 0 Å². The Balaban J connectivity index is 1.65. The van der Waals surface area contributed by atoms with E-state index in [1.165, 1.54) is 6.20 Å². The van der Waals surface area contributed by atoms with E-state index in [-0.39, 0.29) is 12.0 Å². The molecule has 3 aromatic heterocycles. The molecule has 2 atom stereocenters. The molecule has 0 saturated heterocycles. The molecular formula is C21H20N6O2S. The first-order valence-corrected chi connectivity index (χ1v) is 11.2. The first-order valence-electron chi connectivity index (χ1n) is 9.23. The van der Waals surface area contributed by atoms with E-state index in [0.717, 1.165) is 11.3 Å². The molecule has 0 radical (unpaired) electrons. The van der Waals surface area contributed by atoms with Gasteiger partial charge in [0.1, 0.15) is 11.1 Å². The summed E-state index contributed by atoms with van der Waals surface area (Å²) in [4.78, 5) is 25.2. The normalized spacial score (nSPS) is 21.1. The van der Waals surface area contributed by atoms with Crippen LogP contribution in [0.25, 0.3) is 0 Å². The Kier molecular flexibility index (Phi) is 5.64. The van der Waals surface area contributed by atoms with Gasteiger partial charge >= 0.3 is 0 Å². The third kappa shape index (κ3) is 3.98. The Morgan fingerprint density at radius 3 is 2.53 bits per heavy atom. The highest BCUT2D eigenvalue weighted by molar-refractivity contribution is 8.52. The van der Waals surface area contributed by atoms with Gasteiger partial charge in [0.25, 0.3) is 5.91 Å². The van der Waals surface area contributed by atoms with Gasteiger partial charge in [-0.15, -0.1) is 10.2 Å². The van der Waals surface area contributed by atoms with E-state index in [9.17, 15) is 4.79 Å². The first-order chi connectivity index (χ1) is 14.6. The minimum absolute atomic E-state index is 0.319. The largest absolute Gasteiger partial charge is 0.315 e. The molecule has 0 bridgehead atoms. The summed E-state index contributed by atoms with van der Waals surface area (Å²) in [6.45, 7) is 1.92. The molecule has 1 amide bonds. The molecule has 152 valence electrons. The molecule has 1 aliphatic heterocycles. The molecule has 8 nitrogen and oxygen atoms in total. The minimum Gasteiger partial charge on any atom is -0.315 e. The number of amides is 1. The average molecular weight is 420 g/mol. The predicted octanol–water partition coefficient (Wildman–Crippen LogP) is 3.46. The van der Waals surface area contributed by atoms with Crippen molar-refractivity contribution in [1.82, 2.24) is 20.3 Å². The van der Waals surface area contributed by atoms with Crippen LogP contribution in [0.5, 0.6) is 0 Å². The summed E-state index contributed by atoms with van der Waals surface area (Å²) in [6.07, 6.45) is 9.79. The summed E-state index contributed by atoms with van der Waals surface area (Å²) in [7, 11) is -2.21. The van der Waals surface area contributed by atoms with Crippen LogP contribution in [-0.2, 0) is 4.18 Å². The van der Waals surface area contributed by atoms with Gasteiger partial charge in [-0.05, 0) is 53.6 Å². The lowest BCUT2D eigenvalue weighted by Crippen LogP contribution is -2.36. The van der Waals surface area contributed by atoms with E-state index < -0.39 is 10.3 Å². The van der Waals surface area contributed by atoms with E-state index >= 15 is 0 Å². The van der Waals surface area contributed by atoms with E-state index in [2.05, 4.69) is 30.5 Å². The minimum atomic E-state index is -2.21. The van der Waals surface area contributed by atoms with Crippen LogP contribution in [0.2, 0.25) is 0 Å². The van der Waals surface area contributed by atoms with Crippen molar-refractivity contribution in [2.45, 2.75) is 13.0 Å². The van der Waals surface area contributed by atoms with Crippen molar-refractivity contribution < 1.29 is 8.98 Å². The SMILES string of the molecule is CC(OS1(C)C(NC(=O)c2cccnc2)=NN=C1c1ccncc1)c1ccccn1. The van der Waals surface area contributed by atoms with E-state index in [0.29, 0.717) is 15.8 Å².